The van der Waals surface area contributed by atoms with Gasteiger partial charge in [0, 0.05) is 31.2 Å². The van der Waals surface area contributed by atoms with Crippen LogP contribution in [0.15, 0.2) is 0 Å². The van der Waals surface area contributed by atoms with Gasteiger partial charge in [-0.3, -0.25) is 9.69 Å². The van der Waals surface area contributed by atoms with Gasteiger partial charge in [0.15, 0.2) is 0 Å². The minimum absolute atomic E-state index is 0.164. The first-order valence-electron chi connectivity index (χ1n) is 8.44. The van der Waals surface area contributed by atoms with Crippen LogP contribution in [0.4, 0.5) is 0 Å². The maximum atomic E-state index is 12.2. The van der Waals surface area contributed by atoms with E-state index in [2.05, 4.69) is 29.2 Å². The molecule has 1 heterocycles. The summed E-state index contributed by atoms with van der Waals surface area (Å²) in [5, 5.41) is 3.18. The summed E-state index contributed by atoms with van der Waals surface area (Å²) in [6, 6.07) is 0.323. The van der Waals surface area contributed by atoms with Crippen LogP contribution in [0.25, 0.3) is 0 Å². The molecule has 5 heteroatoms. The van der Waals surface area contributed by atoms with E-state index in [0.29, 0.717) is 12.6 Å². The number of rotatable bonds is 5. The first-order valence-corrected chi connectivity index (χ1v) is 8.44. The Morgan fingerprint density at radius 2 is 1.86 bits per heavy atom. The third-order valence-corrected chi connectivity index (χ3v) is 5.35. The van der Waals surface area contributed by atoms with Crippen molar-refractivity contribution in [1.29, 1.82) is 0 Å². The Bertz CT molecular complexity index is 331. The number of amides is 1. The summed E-state index contributed by atoms with van der Waals surface area (Å²) in [6.45, 7) is 3.21. The van der Waals surface area contributed by atoms with E-state index in [1.807, 2.05) is 0 Å². The Hall–Kier alpha value is -0.650. The Balaban J connectivity index is 1.76. The number of hydrogen-bond donors (Lipinski definition) is 2. The lowest BCUT2D eigenvalue weighted by atomic mass is 9.80. The predicted octanol–water partition coefficient (Wildman–Crippen LogP) is 0.790. The number of hydrogen-bond acceptors (Lipinski definition) is 4. The quantitative estimate of drug-likeness (QED) is 0.787. The van der Waals surface area contributed by atoms with Crippen molar-refractivity contribution >= 4 is 5.91 Å². The number of nitrogens with one attached hydrogen (secondary N) is 1. The van der Waals surface area contributed by atoms with Crippen LogP contribution in [-0.4, -0.2) is 67.6 Å². The minimum Gasteiger partial charge on any atom is -0.353 e. The molecule has 122 valence electrons. The maximum Gasteiger partial charge on any atom is 0.234 e. The highest BCUT2D eigenvalue weighted by Gasteiger charge is 2.34. The largest absolute Gasteiger partial charge is 0.353 e. The summed E-state index contributed by atoms with van der Waals surface area (Å²) in [6.07, 6.45) is 8.29. The lowest BCUT2D eigenvalue weighted by Crippen LogP contribution is -2.55. The molecule has 2 rings (SSSR count). The molecular formula is C16H32N4O. The molecule has 0 bridgehead atoms. The normalized spacial score (nSPS) is 24.2. The third kappa shape index (κ3) is 4.66. The number of nitrogens with zero attached hydrogens (tertiary/aromatic N) is 2. The van der Waals surface area contributed by atoms with Crippen molar-refractivity contribution in [3.63, 3.8) is 0 Å². The molecule has 2 fully saturated rings. The first kappa shape index (κ1) is 16.7. The van der Waals surface area contributed by atoms with Crippen LogP contribution in [0.1, 0.15) is 44.9 Å². The van der Waals surface area contributed by atoms with Crippen LogP contribution in [0.2, 0.25) is 0 Å². The molecule has 5 nitrogen and oxygen atoms in total. The molecule has 0 unspecified atom stereocenters. The average Bonchev–Trinajstić information content (AvgIpc) is 2.48. The van der Waals surface area contributed by atoms with E-state index in [4.69, 9.17) is 5.73 Å². The van der Waals surface area contributed by atoms with Crippen LogP contribution >= 0.6 is 0 Å². The van der Waals surface area contributed by atoms with E-state index in [-0.39, 0.29) is 11.4 Å². The van der Waals surface area contributed by atoms with Crippen LogP contribution in [-0.2, 0) is 4.79 Å². The van der Waals surface area contributed by atoms with Gasteiger partial charge in [0.25, 0.3) is 0 Å². The molecule has 0 radical (unpaired) electrons. The molecule has 0 spiro atoms. The zero-order chi connectivity index (χ0) is 15.3. The van der Waals surface area contributed by atoms with E-state index in [1.165, 1.54) is 32.1 Å². The Morgan fingerprint density at radius 1 is 1.24 bits per heavy atom. The van der Waals surface area contributed by atoms with E-state index < -0.39 is 0 Å². The summed E-state index contributed by atoms with van der Waals surface area (Å²) in [5.74, 6) is 0.164. The van der Waals surface area contributed by atoms with Crippen LogP contribution in [0, 0.1) is 0 Å². The fraction of sp³-hybridized carbons (Fsp3) is 0.938. The number of likely N-dealkylation sites (N-methyl/N-ethyl adjacent to an activating group) is 1. The summed E-state index contributed by atoms with van der Waals surface area (Å²) in [7, 11) is 4.28. The molecule has 1 aliphatic heterocycles. The van der Waals surface area contributed by atoms with Crippen molar-refractivity contribution in [3.8, 4) is 0 Å². The molecule has 1 aliphatic carbocycles. The highest BCUT2D eigenvalue weighted by Crippen LogP contribution is 2.31. The average molecular weight is 296 g/mol. The van der Waals surface area contributed by atoms with Gasteiger partial charge in [-0.25, -0.2) is 0 Å². The molecule has 0 aromatic carbocycles. The Labute approximate surface area is 129 Å². The zero-order valence-corrected chi connectivity index (χ0v) is 13.7. The van der Waals surface area contributed by atoms with Gasteiger partial charge in [-0.05, 0) is 39.8 Å². The molecule has 1 saturated carbocycles. The Morgan fingerprint density at radius 3 is 2.43 bits per heavy atom. The molecular weight excluding hydrogens is 264 g/mol. The van der Waals surface area contributed by atoms with E-state index in [1.54, 1.807) is 0 Å². The number of carbonyl (C=O) groups excluding carboxylic acids is 1. The van der Waals surface area contributed by atoms with E-state index in [0.717, 1.165) is 32.5 Å². The highest BCUT2D eigenvalue weighted by molar-refractivity contribution is 5.78. The second-order valence-corrected chi connectivity index (χ2v) is 7.07. The summed E-state index contributed by atoms with van der Waals surface area (Å²) in [5.41, 5.74) is 6.07. The summed E-state index contributed by atoms with van der Waals surface area (Å²) in [4.78, 5) is 16.7. The minimum atomic E-state index is 0.164. The number of piperidine rings is 1. The number of nitrogens with two attached hydrogens (primary N) is 1. The predicted molar refractivity (Wildman–Crippen MR) is 86.2 cm³/mol. The van der Waals surface area contributed by atoms with Crippen molar-refractivity contribution in [3.05, 3.63) is 0 Å². The van der Waals surface area contributed by atoms with Crippen LogP contribution < -0.4 is 11.1 Å². The molecule has 3 N–H and O–H groups in total. The van der Waals surface area contributed by atoms with Crippen molar-refractivity contribution in [2.75, 3.05) is 40.3 Å². The van der Waals surface area contributed by atoms with E-state index >= 15 is 0 Å². The smallest absolute Gasteiger partial charge is 0.234 e. The molecule has 1 saturated heterocycles. The number of likely N-dealkylation sites (tertiary alicyclic amines) is 1. The van der Waals surface area contributed by atoms with Crippen LogP contribution in [0.3, 0.4) is 0 Å². The van der Waals surface area contributed by atoms with Crippen molar-refractivity contribution in [1.82, 2.24) is 15.1 Å². The zero-order valence-electron chi connectivity index (χ0n) is 13.7. The fourth-order valence-corrected chi connectivity index (χ4v) is 3.63. The first-order chi connectivity index (χ1) is 10.0. The highest BCUT2D eigenvalue weighted by atomic mass is 16.2. The van der Waals surface area contributed by atoms with Gasteiger partial charge in [0.2, 0.25) is 5.91 Å². The van der Waals surface area contributed by atoms with Gasteiger partial charge in [0.05, 0.1) is 6.54 Å². The monoisotopic (exact) mass is 296 g/mol. The summed E-state index contributed by atoms with van der Waals surface area (Å²) < 4.78 is 0. The van der Waals surface area contributed by atoms with E-state index in [9.17, 15) is 4.79 Å². The van der Waals surface area contributed by atoms with Gasteiger partial charge >= 0.3 is 0 Å². The lowest BCUT2D eigenvalue weighted by molar-refractivity contribution is -0.123. The van der Waals surface area contributed by atoms with Gasteiger partial charge in [-0.1, -0.05) is 19.3 Å². The third-order valence-electron chi connectivity index (χ3n) is 5.35. The van der Waals surface area contributed by atoms with Gasteiger partial charge in [-0.2, -0.15) is 0 Å². The number of carbonyl (C=O) groups is 1. The second kappa shape index (κ2) is 7.56. The molecule has 21 heavy (non-hydrogen) atoms. The molecule has 2 aliphatic rings. The van der Waals surface area contributed by atoms with Gasteiger partial charge in [0.1, 0.15) is 0 Å². The molecule has 0 aromatic rings. The topological polar surface area (TPSA) is 61.6 Å². The molecule has 0 aromatic heterocycles. The maximum absolute atomic E-state index is 12.2. The lowest BCUT2D eigenvalue weighted by Gasteiger charge is -2.43. The standard InChI is InChI=1S/C16H32N4O/c1-19(2)16(8-4-3-5-9-16)13-18-15(21)12-20-10-6-14(17)7-11-20/h14H,3-13,17H2,1-2H3,(H,18,21). The second-order valence-electron chi connectivity index (χ2n) is 7.07. The van der Waals surface area contributed by atoms with Crippen molar-refractivity contribution < 1.29 is 4.79 Å². The molecule has 0 atom stereocenters. The summed E-state index contributed by atoms with van der Waals surface area (Å²) >= 11 is 0. The van der Waals surface area contributed by atoms with Gasteiger partial charge < -0.3 is 16.0 Å². The fourth-order valence-electron chi connectivity index (χ4n) is 3.63. The van der Waals surface area contributed by atoms with Gasteiger partial charge in [-0.15, -0.1) is 0 Å². The van der Waals surface area contributed by atoms with Crippen molar-refractivity contribution in [2.24, 2.45) is 5.73 Å². The van der Waals surface area contributed by atoms with Crippen LogP contribution in [0.5, 0.6) is 0 Å². The molecule has 1 amide bonds. The SMILES string of the molecule is CN(C)C1(CNC(=O)CN2CCC(N)CC2)CCCCC1. The Kier molecular flexibility index (Phi) is 6.02. The van der Waals surface area contributed by atoms with Crippen molar-refractivity contribution in [2.45, 2.75) is 56.5 Å².